The lowest BCUT2D eigenvalue weighted by molar-refractivity contribution is 0.650. The molecule has 0 aliphatic carbocycles. The first kappa shape index (κ1) is 11.0. The fraction of sp³-hybridized carbons (Fsp3) is 1.00. The first-order valence-corrected chi connectivity index (χ1v) is 6.05. The van der Waals surface area contributed by atoms with E-state index >= 15 is 0 Å². The Morgan fingerprint density at radius 3 is 2.40 bits per heavy atom. The van der Waals surface area contributed by atoms with Crippen molar-refractivity contribution in [3.05, 3.63) is 0 Å². The van der Waals surface area contributed by atoms with Gasteiger partial charge in [0.05, 0.1) is 0 Å². The van der Waals surface area contributed by atoms with Gasteiger partial charge in [-0.15, -0.1) is 0 Å². The molecule has 1 unspecified atom stereocenters. The number of hydrogen-bond donors (Lipinski definition) is 0. The summed E-state index contributed by atoms with van der Waals surface area (Å²) in [7, 11) is 0. The van der Waals surface area contributed by atoms with Crippen LogP contribution < -0.4 is 0 Å². The molecule has 0 aromatic carbocycles. The maximum absolute atomic E-state index is 3.65. The average Bonchev–Trinajstić information content (AvgIpc) is 1.89. The molecule has 0 rings (SSSR count). The Balaban J connectivity index is 2.97. The highest BCUT2D eigenvalue weighted by atomic mass is 79.9. The van der Waals surface area contributed by atoms with Crippen LogP contribution in [0.4, 0.5) is 0 Å². The van der Waals surface area contributed by atoms with E-state index in [1.54, 1.807) is 0 Å². The Hall–Kier alpha value is 0.960. The largest absolute Gasteiger partial charge is 0.0928 e. The number of unbranched alkanes of at least 4 members (excludes halogenated alkanes) is 1. The lowest BCUT2D eigenvalue weighted by Gasteiger charge is -2.05. The van der Waals surface area contributed by atoms with Gasteiger partial charge in [0, 0.05) is 10.2 Å². The monoisotopic (exact) mass is 270 g/mol. The van der Waals surface area contributed by atoms with Crippen LogP contribution in [-0.2, 0) is 0 Å². The molecule has 0 aromatic heterocycles. The van der Waals surface area contributed by atoms with Crippen molar-refractivity contribution in [1.82, 2.24) is 0 Å². The predicted octanol–water partition coefficient (Wildman–Crippen LogP) is 4.12. The van der Waals surface area contributed by atoms with E-state index in [1.807, 2.05) is 0 Å². The van der Waals surface area contributed by atoms with Crippen LogP contribution in [-0.4, -0.2) is 10.2 Å². The van der Waals surface area contributed by atoms with Crippen LogP contribution in [0.25, 0.3) is 0 Å². The first-order chi connectivity index (χ1) is 4.81. The van der Waals surface area contributed by atoms with Gasteiger partial charge in [-0.05, 0) is 19.3 Å². The van der Waals surface area contributed by atoms with Crippen molar-refractivity contribution in [1.29, 1.82) is 0 Å². The van der Waals surface area contributed by atoms with Crippen molar-refractivity contribution in [2.24, 2.45) is 0 Å². The zero-order chi connectivity index (χ0) is 7.82. The minimum Gasteiger partial charge on any atom is -0.0928 e. The van der Waals surface area contributed by atoms with Crippen molar-refractivity contribution >= 4 is 31.9 Å². The molecule has 0 fully saturated rings. The molecule has 0 saturated carbocycles. The van der Waals surface area contributed by atoms with E-state index in [0.717, 1.165) is 10.2 Å². The minimum absolute atomic E-state index is 0.761. The van der Waals surface area contributed by atoms with Gasteiger partial charge in [-0.1, -0.05) is 51.6 Å². The van der Waals surface area contributed by atoms with Crippen molar-refractivity contribution in [2.75, 3.05) is 5.33 Å². The van der Waals surface area contributed by atoms with Crippen molar-refractivity contribution in [3.8, 4) is 0 Å². The topological polar surface area (TPSA) is 0 Å². The lowest BCUT2D eigenvalue weighted by atomic mass is 10.1. The summed E-state index contributed by atoms with van der Waals surface area (Å²) < 4.78 is 0. The SMILES string of the molecule is CCCC(Br)CCCCBr. The van der Waals surface area contributed by atoms with E-state index in [1.165, 1.54) is 32.1 Å². The molecule has 62 valence electrons. The summed E-state index contributed by atoms with van der Waals surface area (Å²) in [4.78, 5) is 0.761. The highest BCUT2D eigenvalue weighted by Crippen LogP contribution is 2.15. The highest BCUT2D eigenvalue weighted by Gasteiger charge is 2.00. The summed E-state index contributed by atoms with van der Waals surface area (Å²) in [5.74, 6) is 0. The molecule has 2 heteroatoms. The normalized spacial score (nSPS) is 13.5. The quantitative estimate of drug-likeness (QED) is 0.504. The van der Waals surface area contributed by atoms with E-state index in [0.29, 0.717) is 0 Å². The average molecular weight is 272 g/mol. The van der Waals surface area contributed by atoms with Crippen LogP contribution in [0.1, 0.15) is 39.0 Å². The minimum atomic E-state index is 0.761. The van der Waals surface area contributed by atoms with Crippen LogP contribution in [0, 0.1) is 0 Å². The molecule has 0 aliphatic heterocycles. The van der Waals surface area contributed by atoms with Crippen molar-refractivity contribution < 1.29 is 0 Å². The summed E-state index contributed by atoms with van der Waals surface area (Å²) in [5, 5.41) is 1.15. The molecule has 0 amide bonds. The molecular weight excluding hydrogens is 256 g/mol. The van der Waals surface area contributed by atoms with E-state index in [4.69, 9.17) is 0 Å². The second kappa shape index (κ2) is 8.06. The molecule has 0 spiro atoms. The first-order valence-electron chi connectivity index (χ1n) is 4.01. The molecule has 0 N–H and O–H groups in total. The Morgan fingerprint density at radius 1 is 1.20 bits per heavy atom. The molecule has 10 heavy (non-hydrogen) atoms. The predicted molar refractivity (Wildman–Crippen MR) is 55.3 cm³/mol. The third kappa shape index (κ3) is 7.07. The third-order valence-corrected chi connectivity index (χ3v) is 2.98. The number of alkyl halides is 2. The third-order valence-electron chi connectivity index (χ3n) is 1.50. The highest BCUT2D eigenvalue weighted by molar-refractivity contribution is 9.09. The Morgan fingerprint density at radius 2 is 1.90 bits per heavy atom. The van der Waals surface area contributed by atoms with Crippen LogP contribution >= 0.6 is 31.9 Å². The van der Waals surface area contributed by atoms with Gasteiger partial charge in [0.15, 0.2) is 0 Å². The maximum Gasteiger partial charge on any atom is 0.0145 e. The fourth-order valence-electron chi connectivity index (χ4n) is 0.918. The van der Waals surface area contributed by atoms with E-state index in [-0.39, 0.29) is 0 Å². The zero-order valence-corrected chi connectivity index (χ0v) is 9.75. The van der Waals surface area contributed by atoms with Gasteiger partial charge in [0.1, 0.15) is 0 Å². The molecule has 0 nitrogen and oxygen atoms in total. The van der Waals surface area contributed by atoms with Gasteiger partial charge in [0.2, 0.25) is 0 Å². The summed E-state index contributed by atoms with van der Waals surface area (Å²) in [6.45, 7) is 2.23. The van der Waals surface area contributed by atoms with Gasteiger partial charge in [-0.3, -0.25) is 0 Å². The van der Waals surface area contributed by atoms with Crippen LogP contribution in [0.3, 0.4) is 0 Å². The fourth-order valence-corrected chi connectivity index (χ4v) is 2.10. The second-order valence-corrected chi connectivity index (χ2v) is 4.66. The van der Waals surface area contributed by atoms with E-state index in [2.05, 4.69) is 38.8 Å². The molecule has 0 saturated heterocycles. The van der Waals surface area contributed by atoms with E-state index < -0.39 is 0 Å². The van der Waals surface area contributed by atoms with Crippen LogP contribution in [0.2, 0.25) is 0 Å². The Bertz CT molecular complexity index is 64.3. The summed E-state index contributed by atoms with van der Waals surface area (Å²) in [6.07, 6.45) is 6.61. The molecule has 0 aromatic rings. The number of hydrogen-bond acceptors (Lipinski definition) is 0. The van der Waals surface area contributed by atoms with Crippen molar-refractivity contribution in [3.63, 3.8) is 0 Å². The van der Waals surface area contributed by atoms with Crippen molar-refractivity contribution in [2.45, 2.75) is 43.9 Å². The molecular formula is C8H16Br2. The second-order valence-electron chi connectivity index (χ2n) is 2.57. The molecule has 0 radical (unpaired) electrons. The van der Waals surface area contributed by atoms with Gasteiger partial charge in [0.25, 0.3) is 0 Å². The summed E-state index contributed by atoms with van der Waals surface area (Å²) in [6, 6.07) is 0. The lowest BCUT2D eigenvalue weighted by Crippen LogP contribution is -1.96. The maximum atomic E-state index is 3.65. The van der Waals surface area contributed by atoms with Gasteiger partial charge < -0.3 is 0 Å². The zero-order valence-electron chi connectivity index (χ0n) is 6.58. The summed E-state index contributed by atoms with van der Waals surface area (Å²) in [5.41, 5.74) is 0. The molecule has 0 heterocycles. The Labute approximate surface area is 81.0 Å². The molecule has 0 aliphatic rings. The van der Waals surface area contributed by atoms with Gasteiger partial charge >= 0.3 is 0 Å². The summed E-state index contributed by atoms with van der Waals surface area (Å²) >= 11 is 7.08. The van der Waals surface area contributed by atoms with Gasteiger partial charge in [-0.2, -0.15) is 0 Å². The number of halogens is 2. The number of rotatable bonds is 6. The van der Waals surface area contributed by atoms with Crippen LogP contribution in [0.5, 0.6) is 0 Å². The molecule has 0 bridgehead atoms. The van der Waals surface area contributed by atoms with Crippen LogP contribution in [0.15, 0.2) is 0 Å². The smallest absolute Gasteiger partial charge is 0.0145 e. The standard InChI is InChI=1S/C8H16Br2/c1-2-5-8(10)6-3-4-7-9/h8H,2-7H2,1H3. The van der Waals surface area contributed by atoms with Gasteiger partial charge in [-0.25, -0.2) is 0 Å². The Kier molecular flexibility index (Phi) is 8.83. The van der Waals surface area contributed by atoms with E-state index in [9.17, 15) is 0 Å². The molecule has 1 atom stereocenters.